The molecule has 5 nitrogen and oxygen atoms in total. The summed E-state index contributed by atoms with van der Waals surface area (Å²) in [6.07, 6.45) is 4.52. The van der Waals surface area contributed by atoms with Crippen LogP contribution in [0.25, 0.3) is 0 Å². The number of nitriles is 1. The van der Waals surface area contributed by atoms with Crippen LogP contribution in [0.2, 0.25) is 0 Å². The summed E-state index contributed by atoms with van der Waals surface area (Å²) in [6, 6.07) is 3.87. The second-order valence-corrected chi connectivity index (χ2v) is 8.67. The third-order valence-corrected chi connectivity index (χ3v) is 6.01. The number of nitrogens with one attached hydrogen (secondary N) is 1. The summed E-state index contributed by atoms with van der Waals surface area (Å²) in [7, 11) is 0. The van der Waals surface area contributed by atoms with E-state index in [2.05, 4.69) is 42.1 Å². The minimum Gasteiger partial charge on any atom is -0.311 e. The molecule has 1 amide bonds. The van der Waals surface area contributed by atoms with Crippen molar-refractivity contribution < 1.29 is 4.79 Å². The zero-order valence-electron chi connectivity index (χ0n) is 15.0. The van der Waals surface area contributed by atoms with E-state index < -0.39 is 0 Å². The summed E-state index contributed by atoms with van der Waals surface area (Å²) in [5.41, 5.74) is 2.29. The van der Waals surface area contributed by atoms with Crippen molar-refractivity contribution in [3.05, 3.63) is 39.8 Å². The molecule has 0 bridgehead atoms. The lowest BCUT2D eigenvalue weighted by molar-refractivity contribution is 0.102. The molecule has 6 heteroatoms. The van der Waals surface area contributed by atoms with Gasteiger partial charge in [0.05, 0.1) is 5.56 Å². The molecule has 1 aliphatic carbocycles. The number of anilines is 1. The Morgan fingerprint density at radius 1 is 1.44 bits per heavy atom. The van der Waals surface area contributed by atoms with E-state index in [1.54, 1.807) is 19.2 Å². The van der Waals surface area contributed by atoms with Gasteiger partial charge in [-0.25, -0.2) is 9.97 Å². The quantitative estimate of drug-likeness (QED) is 0.880. The molecule has 2 aromatic heterocycles. The Morgan fingerprint density at radius 3 is 2.84 bits per heavy atom. The predicted molar refractivity (Wildman–Crippen MR) is 98.7 cm³/mol. The maximum atomic E-state index is 12.5. The van der Waals surface area contributed by atoms with Crippen molar-refractivity contribution in [3.8, 4) is 6.07 Å². The first kappa shape index (κ1) is 17.6. The average Bonchev–Trinajstić information content (AvgIpc) is 2.90. The van der Waals surface area contributed by atoms with Crippen LogP contribution in [0.15, 0.2) is 12.3 Å². The van der Waals surface area contributed by atoms with Crippen molar-refractivity contribution in [2.45, 2.75) is 47.0 Å². The van der Waals surface area contributed by atoms with Crippen molar-refractivity contribution in [1.29, 1.82) is 5.26 Å². The Balaban J connectivity index is 1.88. The normalized spacial score (nSPS) is 16.8. The number of thiophene rings is 1. The second-order valence-electron chi connectivity index (χ2n) is 7.57. The number of rotatable bonds is 2. The monoisotopic (exact) mass is 354 g/mol. The standard InChI is InChI=1S/C19H22N4OS/c1-11-21-8-7-15(22-11)17(24)23-18-14(10-20)13-6-5-12(19(2,3)4)9-16(13)25-18/h7-8,12H,5-6,9H2,1-4H3,(H,23,24)/t12-/m0/s1. The zero-order chi connectivity index (χ0) is 18.2. The molecule has 2 heterocycles. The van der Waals surface area contributed by atoms with Gasteiger partial charge in [-0.1, -0.05) is 20.8 Å². The second kappa shape index (κ2) is 6.57. The third kappa shape index (κ3) is 3.57. The molecule has 1 atom stereocenters. The maximum Gasteiger partial charge on any atom is 0.275 e. The molecule has 1 aliphatic rings. The fourth-order valence-electron chi connectivity index (χ4n) is 3.28. The highest BCUT2D eigenvalue weighted by Crippen LogP contribution is 2.44. The van der Waals surface area contributed by atoms with E-state index in [0.717, 1.165) is 24.8 Å². The fourth-order valence-corrected chi connectivity index (χ4v) is 4.55. The van der Waals surface area contributed by atoms with Gasteiger partial charge in [0.25, 0.3) is 5.91 Å². The highest BCUT2D eigenvalue weighted by Gasteiger charge is 2.32. The highest BCUT2D eigenvalue weighted by molar-refractivity contribution is 7.16. The predicted octanol–water partition coefficient (Wildman–Crippen LogP) is 4.12. The summed E-state index contributed by atoms with van der Waals surface area (Å²) >= 11 is 1.54. The third-order valence-electron chi connectivity index (χ3n) is 4.84. The van der Waals surface area contributed by atoms with E-state index in [9.17, 15) is 10.1 Å². The van der Waals surface area contributed by atoms with Gasteiger partial charge >= 0.3 is 0 Å². The van der Waals surface area contributed by atoms with Crippen molar-refractivity contribution in [1.82, 2.24) is 9.97 Å². The molecule has 2 aromatic rings. The summed E-state index contributed by atoms with van der Waals surface area (Å²) in [4.78, 5) is 21.9. The molecule has 0 aromatic carbocycles. The van der Waals surface area contributed by atoms with E-state index >= 15 is 0 Å². The number of nitrogens with zero attached hydrogens (tertiary/aromatic N) is 3. The zero-order valence-corrected chi connectivity index (χ0v) is 15.8. The molecule has 0 saturated carbocycles. The Labute approximate surface area is 152 Å². The van der Waals surface area contributed by atoms with E-state index in [1.807, 2.05) is 0 Å². The number of hydrogen-bond donors (Lipinski definition) is 1. The maximum absolute atomic E-state index is 12.5. The molecule has 0 radical (unpaired) electrons. The summed E-state index contributed by atoms with van der Waals surface area (Å²) in [5, 5.41) is 13.1. The van der Waals surface area contributed by atoms with Crippen LogP contribution in [0, 0.1) is 29.6 Å². The van der Waals surface area contributed by atoms with Crippen LogP contribution in [0.4, 0.5) is 5.00 Å². The summed E-state index contributed by atoms with van der Waals surface area (Å²) < 4.78 is 0. The first-order valence-electron chi connectivity index (χ1n) is 8.45. The van der Waals surface area contributed by atoms with Crippen LogP contribution in [0.5, 0.6) is 0 Å². The van der Waals surface area contributed by atoms with E-state index in [0.29, 0.717) is 28.0 Å². The number of fused-ring (bicyclic) bond motifs is 1. The van der Waals surface area contributed by atoms with Crippen LogP contribution in [0.1, 0.15) is 59.5 Å². The first-order chi connectivity index (χ1) is 11.8. The first-order valence-corrected chi connectivity index (χ1v) is 9.27. The Morgan fingerprint density at radius 2 is 2.20 bits per heavy atom. The van der Waals surface area contributed by atoms with Gasteiger partial charge in [-0.3, -0.25) is 4.79 Å². The summed E-state index contributed by atoms with van der Waals surface area (Å²) in [6.45, 7) is 8.54. The van der Waals surface area contributed by atoms with Gasteiger partial charge in [0.15, 0.2) is 0 Å². The number of hydrogen-bond acceptors (Lipinski definition) is 5. The minimum absolute atomic E-state index is 0.246. The van der Waals surface area contributed by atoms with E-state index in [-0.39, 0.29) is 11.3 Å². The number of carbonyl (C=O) groups is 1. The Hall–Kier alpha value is -2.26. The lowest BCUT2D eigenvalue weighted by atomic mass is 9.72. The molecule has 0 unspecified atom stereocenters. The number of amides is 1. The Kier molecular flexibility index (Phi) is 4.61. The molecule has 0 saturated heterocycles. The van der Waals surface area contributed by atoms with Crippen molar-refractivity contribution in [2.24, 2.45) is 11.3 Å². The van der Waals surface area contributed by atoms with Gasteiger partial charge in [0, 0.05) is 11.1 Å². The van der Waals surface area contributed by atoms with Crippen LogP contribution in [0.3, 0.4) is 0 Å². The lowest BCUT2D eigenvalue weighted by Crippen LogP contribution is -2.26. The number of aryl methyl sites for hydroxylation is 1. The van der Waals surface area contributed by atoms with Crippen LogP contribution in [-0.2, 0) is 12.8 Å². The van der Waals surface area contributed by atoms with Gasteiger partial charge in [0.2, 0.25) is 0 Å². The molecular weight excluding hydrogens is 332 g/mol. The van der Waals surface area contributed by atoms with Gasteiger partial charge in [-0.05, 0) is 49.1 Å². The van der Waals surface area contributed by atoms with E-state index in [4.69, 9.17) is 0 Å². The van der Waals surface area contributed by atoms with Gasteiger partial charge in [-0.15, -0.1) is 11.3 Å². The average molecular weight is 354 g/mol. The van der Waals surface area contributed by atoms with Crippen LogP contribution < -0.4 is 5.32 Å². The fraction of sp³-hybridized carbons (Fsp3) is 0.474. The SMILES string of the molecule is Cc1nccc(C(=O)Nc2sc3c(c2C#N)CC[C@H](C(C)(C)C)C3)n1. The Bertz CT molecular complexity index is 857. The number of aromatic nitrogens is 2. The topological polar surface area (TPSA) is 78.7 Å². The molecular formula is C19H22N4OS. The minimum atomic E-state index is -0.298. The van der Waals surface area contributed by atoms with Crippen molar-refractivity contribution in [3.63, 3.8) is 0 Å². The molecule has 1 N–H and O–H groups in total. The number of carbonyl (C=O) groups excluding carboxylic acids is 1. The molecule has 0 fully saturated rings. The van der Waals surface area contributed by atoms with Crippen molar-refractivity contribution in [2.75, 3.05) is 5.32 Å². The molecule has 0 aliphatic heterocycles. The van der Waals surface area contributed by atoms with Crippen molar-refractivity contribution >= 4 is 22.2 Å². The highest BCUT2D eigenvalue weighted by atomic mass is 32.1. The van der Waals surface area contributed by atoms with Crippen LogP contribution >= 0.6 is 11.3 Å². The smallest absolute Gasteiger partial charge is 0.275 e. The molecule has 25 heavy (non-hydrogen) atoms. The largest absolute Gasteiger partial charge is 0.311 e. The summed E-state index contributed by atoms with van der Waals surface area (Å²) in [5.74, 6) is 0.845. The van der Waals surface area contributed by atoms with Gasteiger partial charge in [0.1, 0.15) is 22.6 Å². The van der Waals surface area contributed by atoms with Crippen LogP contribution in [-0.4, -0.2) is 15.9 Å². The molecule has 3 rings (SSSR count). The van der Waals surface area contributed by atoms with E-state index in [1.165, 1.54) is 16.2 Å². The molecule has 0 spiro atoms. The van der Waals surface area contributed by atoms with Gasteiger partial charge < -0.3 is 5.32 Å². The molecule has 130 valence electrons. The lowest BCUT2D eigenvalue weighted by Gasteiger charge is -2.33. The van der Waals surface area contributed by atoms with Gasteiger partial charge in [-0.2, -0.15) is 5.26 Å².